The molecule has 0 amide bonds. The summed E-state index contributed by atoms with van der Waals surface area (Å²) in [5.74, 6) is 0. The van der Waals surface area contributed by atoms with Crippen molar-refractivity contribution < 1.29 is 0 Å². The van der Waals surface area contributed by atoms with E-state index in [1.807, 2.05) is 6.20 Å². The summed E-state index contributed by atoms with van der Waals surface area (Å²) in [4.78, 5) is 4.97. The second-order valence-corrected chi connectivity index (χ2v) is 7.96. The maximum Gasteiger partial charge on any atom is 0.0793 e. The Morgan fingerprint density at radius 1 is 0.367 bits per heavy atom. The highest BCUT2D eigenvalue weighted by Gasteiger charge is 2.17. The van der Waals surface area contributed by atoms with Crippen molar-refractivity contribution in [3.05, 3.63) is 103 Å². The van der Waals surface area contributed by atoms with E-state index in [2.05, 4.69) is 97.1 Å². The zero-order valence-corrected chi connectivity index (χ0v) is 16.3. The molecule has 0 aliphatic carbocycles. The van der Waals surface area contributed by atoms with Gasteiger partial charge in [0.05, 0.1) is 5.52 Å². The molecule has 0 fully saturated rings. The van der Waals surface area contributed by atoms with Crippen LogP contribution in [0.3, 0.4) is 0 Å². The molecule has 0 N–H and O–H groups in total. The molecule has 0 saturated heterocycles. The fourth-order valence-electron chi connectivity index (χ4n) is 5.21. The first kappa shape index (κ1) is 15.9. The number of fused-ring (bicyclic) bond motifs is 13. The van der Waals surface area contributed by atoms with Gasteiger partial charge in [-0.2, -0.15) is 0 Å². The summed E-state index contributed by atoms with van der Waals surface area (Å²) in [5, 5.41) is 14.0. The summed E-state index contributed by atoms with van der Waals surface area (Å²) in [6, 6.07) is 34.9. The Morgan fingerprint density at radius 3 is 1.50 bits per heavy atom. The molecule has 0 aliphatic rings. The Morgan fingerprint density at radius 2 is 0.833 bits per heavy atom. The van der Waals surface area contributed by atoms with Gasteiger partial charge in [0.15, 0.2) is 0 Å². The first-order valence-electron chi connectivity index (χ1n) is 10.3. The maximum absolute atomic E-state index is 4.97. The quantitative estimate of drug-likeness (QED) is 0.243. The van der Waals surface area contributed by atoms with Crippen molar-refractivity contribution in [3.8, 4) is 0 Å². The van der Waals surface area contributed by atoms with E-state index in [1.54, 1.807) is 0 Å². The van der Waals surface area contributed by atoms with Gasteiger partial charge in [-0.05, 0) is 37.7 Å². The number of aromatic nitrogens is 1. The monoisotopic (exact) mass is 379 g/mol. The second-order valence-electron chi connectivity index (χ2n) is 7.96. The zero-order chi connectivity index (χ0) is 19.7. The van der Waals surface area contributed by atoms with Gasteiger partial charge >= 0.3 is 0 Å². The number of hydrogen-bond donors (Lipinski definition) is 0. The Bertz CT molecular complexity index is 1750. The normalized spacial score (nSPS) is 12.0. The van der Waals surface area contributed by atoms with Crippen LogP contribution in [0.25, 0.3) is 64.8 Å². The van der Waals surface area contributed by atoms with Crippen LogP contribution < -0.4 is 0 Å². The summed E-state index contributed by atoms with van der Waals surface area (Å²) in [6.45, 7) is 0. The van der Waals surface area contributed by atoms with Gasteiger partial charge in [0, 0.05) is 27.7 Å². The fourth-order valence-corrected chi connectivity index (χ4v) is 5.21. The fraction of sp³-hybridized carbons (Fsp3) is 0. The lowest BCUT2D eigenvalue weighted by atomic mass is 9.87. The van der Waals surface area contributed by atoms with Crippen LogP contribution in [0.4, 0.5) is 0 Å². The van der Waals surface area contributed by atoms with E-state index >= 15 is 0 Å². The third-order valence-corrected chi connectivity index (χ3v) is 6.43. The van der Waals surface area contributed by atoms with Crippen LogP contribution in [0.5, 0.6) is 0 Å². The molecule has 0 unspecified atom stereocenters. The molecule has 0 aliphatic heterocycles. The molecule has 1 heteroatoms. The average molecular weight is 379 g/mol. The number of nitrogens with zero attached hydrogens (tertiary/aromatic N) is 1. The molecule has 1 heterocycles. The van der Waals surface area contributed by atoms with Gasteiger partial charge in [-0.1, -0.05) is 97.1 Å². The minimum Gasteiger partial charge on any atom is -0.255 e. The van der Waals surface area contributed by atoms with Crippen LogP contribution in [0, 0.1) is 0 Å². The highest BCUT2D eigenvalue weighted by molar-refractivity contribution is 6.41. The number of rotatable bonds is 0. The molecule has 7 aromatic rings. The van der Waals surface area contributed by atoms with Crippen molar-refractivity contribution >= 4 is 64.8 Å². The SMILES string of the molecule is c1ccc2c(c1)cnc1c3ccccc3c3c4ccccc4c4ccccc4c3c21. The molecule has 0 spiro atoms. The minimum atomic E-state index is 1.08. The van der Waals surface area contributed by atoms with E-state index in [1.165, 1.54) is 59.2 Å². The van der Waals surface area contributed by atoms with Crippen LogP contribution >= 0.6 is 0 Å². The highest BCUT2D eigenvalue weighted by atomic mass is 14.7. The van der Waals surface area contributed by atoms with Crippen molar-refractivity contribution in [1.82, 2.24) is 4.98 Å². The number of benzene rings is 6. The zero-order valence-electron chi connectivity index (χ0n) is 16.3. The van der Waals surface area contributed by atoms with Gasteiger partial charge in [0.1, 0.15) is 0 Å². The van der Waals surface area contributed by atoms with E-state index in [0.29, 0.717) is 0 Å². The summed E-state index contributed by atoms with van der Waals surface area (Å²) in [6.07, 6.45) is 2.01. The van der Waals surface area contributed by atoms with Crippen molar-refractivity contribution in [2.45, 2.75) is 0 Å². The molecule has 30 heavy (non-hydrogen) atoms. The maximum atomic E-state index is 4.97. The molecular formula is C29H17N. The van der Waals surface area contributed by atoms with E-state index in [0.717, 1.165) is 5.52 Å². The van der Waals surface area contributed by atoms with Crippen molar-refractivity contribution in [3.63, 3.8) is 0 Å². The number of hydrogen-bond acceptors (Lipinski definition) is 1. The van der Waals surface area contributed by atoms with Crippen molar-refractivity contribution in [2.24, 2.45) is 0 Å². The molecule has 0 atom stereocenters. The molecule has 7 rings (SSSR count). The molecule has 6 aromatic carbocycles. The van der Waals surface area contributed by atoms with Crippen LogP contribution in [0.2, 0.25) is 0 Å². The lowest BCUT2D eigenvalue weighted by molar-refractivity contribution is 1.46. The first-order chi connectivity index (χ1) is 14.9. The summed E-state index contributed by atoms with van der Waals surface area (Å²) in [5.41, 5.74) is 1.08. The smallest absolute Gasteiger partial charge is 0.0793 e. The summed E-state index contributed by atoms with van der Waals surface area (Å²) < 4.78 is 0. The lowest BCUT2D eigenvalue weighted by Gasteiger charge is -2.17. The Balaban J connectivity index is 2.00. The van der Waals surface area contributed by atoms with E-state index in [-0.39, 0.29) is 0 Å². The average Bonchev–Trinajstić information content (AvgIpc) is 2.83. The second kappa shape index (κ2) is 5.77. The summed E-state index contributed by atoms with van der Waals surface area (Å²) >= 11 is 0. The van der Waals surface area contributed by atoms with Crippen LogP contribution in [-0.4, -0.2) is 4.98 Å². The standard InChI is InChI=1S/C29H17N/c1-2-10-19-18(9-1)17-30-29-25-16-8-7-15-24(25)26-22-13-5-3-11-20(22)21-12-4-6-14-23(21)27(26)28(19)29/h1-17H. The van der Waals surface area contributed by atoms with E-state index in [4.69, 9.17) is 4.98 Å². The van der Waals surface area contributed by atoms with Crippen LogP contribution in [0.1, 0.15) is 0 Å². The number of pyridine rings is 1. The third-order valence-electron chi connectivity index (χ3n) is 6.43. The predicted molar refractivity (Wildman–Crippen MR) is 129 cm³/mol. The highest BCUT2D eigenvalue weighted by Crippen LogP contribution is 2.44. The van der Waals surface area contributed by atoms with Crippen LogP contribution in [-0.2, 0) is 0 Å². The van der Waals surface area contributed by atoms with Gasteiger partial charge < -0.3 is 0 Å². The van der Waals surface area contributed by atoms with Gasteiger partial charge in [-0.25, -0.2) is 0 Å². The minimum absolute atomic E-state index is 1.08. The van der Waals surface area contributed by atoms with Gasteiger partial charge in [0.25, 0.3) is 0 Å². The van der Waals surface area contributed by atoms with Gasteiger partial charge in [-0.3, -0.25) is 4.98 Å². The van der Waals surface area contributed by atoms with Crippen molar-refractivity contribution in [1.29, 1.82) is 0 Å². The topological polar surface area (TPSA) is 12.9 Å². The molecule has 0 bridgehead atoms. The molecule has 1 nitrogen and oxygen atoms in total. The van der Waals surface area contributed by atoms with Crippen LogP contribution in [0.15, 0.2) is 103 Å². The van der Waals surface area contributed by atoms with Gasteiger partial charge in [0.2, 0.25) is 0 Å². The Kier molecular flexibility index (Phi) is 3.06. The molecule has 138 valence electrons. The van der Waals surface area contributed by atoms with E-state index < -0.39 is 0 Å². The Labute approximate surface area is 173 Å². The first-order valence-corrected chi connectivity index (χ1v) is 10.3. The third kappa shape index (κ3) is 1.94. The van der Waals surface area contributed by atoms with E-state index in [9.17, 15) is 0 Å². The molecule has 0 saturated carbocycles. The van der Waals surface area contributed by atoms with Crippen molar-refractivity contribution in [2.75, 3.05) is 0 Å². The lowest BCUT2D eigenvalue weighted by Crippen LogP contribution is -1.91. The molecule has 1 aromatic heterocycles. The van der Waals surface area contributed by atoms with Gasteiger partial charge in [-0.15, -0.1) is 0 Å². The Hall–Kier alpha value is -3.97. The predicted octanol–water partition coefficient (Wildman–Crippen LogP) is 8.00. The molecule has 0 radical (unpaired) electrons. The largest absolute Gasteiger partial charge is 0.255 e. The molecular weight excluding hydrogens is 362 g/mol. The summed E-state index contributed by atoms with van der Waals surface area (Å²) in [7, 11) is 0.